The molecule has 31 heavy (non-hydrogen) atoms. The third-order valence-electron chi connectivity index (χ3n) is 6.19. The summed E-state index contributed by atoms with van der Waals surface area (Å²) in [6.07, 6.45) is 2.28. The van der Waals surface area contributed by atoms with E-state index in [1.54, 1.807) is 7.11 Å². The molecule has 2 aliphatic heterocycles. The lowest BCUT2D eigenvalue weighted by atomic mass is 9.98. The van der Waals surface area contributed by atoms with Gasteiger partial charge in [0.25, 0.3) is 0 Å². The number of aryl methyl sites for hydroxylation is 1. The van der Waals surface area contributed by atoms with Crippen molar-refractivity contribution in [3.05, 3.63) is 53.6 Å². The average molecular weight is 446 g/mol. The number of methoxy groups -OCH3 is 1. The number of sulfonamides is 1. The fourth-order valence-electron chi connectivity index (χ4n) is 4.48. The number of hydrogen-bond donors (Lipinski definition) is 1. The Bertz CT molecular complexity index is 1020. The zero-order chi connectivity index (χ0) is 22.0. The number of rotatable bonds is 6. The third-order valence-corrected chi connectivity index (χ3v) is 7.37. The number of benzene rings is 2. The molecule has 4 rings (SSSR count). The van der Waals surface area contributed by atoms with E-state index in [1.807, 2.05) is 30.3 Å². The lowest BCUT2D eigenvalue weighted by molar-refractivity contribution is 0.109. The van der Waals surface area contributed by atoms with Gasteiger partial charge in [-0.15, -0.1) is 0 Å². The first-order valence-electron chi connectivity index (χ1n) is 10.7. The molecule has 1 saturated heterocycles. The van der Waals surface area contributed by atoms with Crippen LogP contribution < -0.4 is 13.9 Å². The van der Waals surface area contributed by atoms with Gasteiger partial charge in [0.2, 0.25) is 10.0 Å². The highest BCUT2D eigenvalue weighted by atomic mass is 32.2. The SMILES string of the molecule is COc1cccc(N2CCN(C[C@H](O)c3ccc4c(c3)CCCN4S(C)(=O)=O)CC2)c1. The van der Waals surface area contributed by atoms with Gasteiger partial charge in [0.15, 0.2) is 0 Å². The Labute approximate surface area is 184 Å². The molecule has 0 amide bonds. The molecule has 168 valence electrons. The lowest BCUT2D eigenvalue weighted by Crippen LogP contribution is -2.47. The van der Waals surface area contributed by atoms with Gasteiger partial charge < -0.3 is 14.7 Å². The zero-order valence-electron chi connectivity index (χ0n) is 18.2. The predicted octanol–water partition coefficient (Wildman–Crippen LogP) is 2.26. The van der Waals surface area contributed by atoms with Gasteiger partial charge >= 0.3 is 0 Å². The van der Waals surface area contributed by atoms with Crippen LogP contribution in [0, 0.1) is 0 Å². The largest absolute Gasteiger partial charge is 0.497 e. The summed E-state index contributed by atoms with van der Waals surface area (Å²) >= 11 is 0. The van der Waals surface area contributed by atoms with Crippen molar-refractivity contribution in [3.63, 3.8) is 0 Å². The van der Waals surface area contributed by atoms with Crippen molar-refractivity contribution in [2.45, 2.75) is 18.9 Å². The molecule has 0 spiro atoms. The highest BCUT2D eigenvalue weighted by Gasteiger charge is 2.26. The fraction of sp³-hybridized carbons (Fsp3) is 0.478. The summed E-state index contributed by atoms with van der Waals surface area (Å²) in [6, 6.07) is 13.8. The van der Waals surface area contributed by atoms with Crippen molar-refractivity contribution >= 4 is 21.4 Å². The van der Waals surface area contributed by atoms with Crippen LogP contribution in [-0.4, -0.2) is 71.1 Å². The Kier molecular flexibility index (Phi) is 6.41. The van der Waals surface area contributed by atoms with E-state index in [0.717, 1.165) is 67.3 Å². The Morgan fingerprint density at radius 1 is 1.06 bits per heavy atom. The number of nitrogens with zero attached hydrogens (tertiary/aromatic N) is 3. The molecule has 2 heterocycles. The van der Waals surface area contributed by atoms with Gasteiger partial charge in [0.1, 0.15) is 5.75 Å². The summed E-state index contributed by atoms with van der Waals surface area (Å²) in [5.74, 6) is 0.859. The molecule has 2 aromatic carbocycles. The van der Waals surface area contributed by atoms with Crippen LogP contribution in [0.5, 0.6) is 5.75 Å². The first kappa shape index (κ1) is 21.9. The Morgan fingerprint density at radius 2 is 1.84 bits per heavy atom. The molecule has 0 unspecified atom stereocenters. The van der Waals surface area contributed by atoms with Crippen molar-refractivity contribution in [2.24, 2.45) is 0 Å². The first-order valence-corrected chi connectivity index (χ1v) is 12.6. The molecule has 1 fully saturated rings. The minimum atomic E-state index is -3.28. The minimum Gasteiger partial charge on any atom is -0.497 e. The van der Waals surface area contributed by atoms with E-state index in [0.29, 0.717) is 13.1 Å². The second-order valence-corrected chi connectivity index (χ2v) is 10.2. The van der Waals surface area contributed by atoms with Crippen molar-refractivity contribution in [1.82, 2.24) is 4.90 Å². The summed E-state index contributed by atoms with van der Waals surface area (Å²) in [4.78, 5) is 4.62. The van der Waals surface area contributed by atoms with Gasteiger partial charge in [-0.2, -0.15) is 0 Å². The summed E-state index contributed by atoms with van der Waals surface area (Å²) < 4.78 is 30.9. The molecule has 0 saturated carbocycles. The Morgan fingerprint density at radius 3 is 2.55 bits per heavy atom. The summed E-state index contributed by atoms with van der Waals surface area (Å²) in [7, 11) is -1.60. The van der Waals surface area contributed by atoms with Crippen LogP contribution in [0.3, 0.4) is 0 Å². The Hall–Kier alpha value is -2.29. The molecule has 1 atom stereocenters. The summed E-state index contributed by atoms with van der Waals surface area (Å²) in [5.41, 5.74) is 3.75. The molecule has 0 bridgehead atoms. The van der Waals surface area contributed by atoms with Crippen LogP contribution in [0.2, 0.25) is 0 Å². The topological polar surface area (TPSA) is 73.3 Å². The van der Waals surface area contributed by atoms with Gasteiger partial charge in [-0.05, 0) is 42.2 Å². The second-order valence-electron chi connectivity index (χ2n) is 8.33. The normalized spacial score (nSPS) is 18.5. The minimum absolute atomic E-state index is 0.519. The number of β-amino-alcohol motifs (C(OH)–C–C–N with tert-alkyl or cyclic N) is 1. The molecule has 2 aromatic rings. The number of ether oxygens (including phenoxy) is 1. The fourth-order valence-corrected chi connectivity index (χ4v) is 5.48. The maximum Gasteiger partial charge on any atom is 0.232 e. The maximum absolute atomic E-state index is 12.1. The molecule has 8 heteroatoms. The van der Waals surface area contributed by atoms with E-state index in [-0.39, 0.29) is 0 Å². The molecular formula is C23H31N3O4S. The summed E-state index contributed by atoms with van der Waals surface area (Å²) in [6.45, 7) is 4.63. The average Bonchev–Trinajstić information content (AvgIpc) is 2.78. The maximum atomic E-state index is 12.1. The van der Waals surface area contributed by atoms with Crippen LogP contribution in [0.15, 0.2) is 42.5 Å². The van der Waals surface area contributed by atoms with E-state index >= 15 is 0 Å². The van der Waals surface area contributed by atoms with Gasteiger partial charge in [0, 0.05) is 51.0 Å². The number of anilines is 2. The molecule has 0 aliphatic carbocycles. The van der Waals surface area contributed by atoms with Crippen LogP contribution >= 0.6 is 0 Å². The number of aliphatic hydroxyl groups is 1. The van der Waals surface area contributed by atoms with E-state index in [1.165, 1.54) is 10.6 Å². The molecule has 1 N–H and O–H groups in total. The van der Waals surface area contributed by atoms with Crippen LogP contribution in [0.4, 0.5) is 11.4 Å². The summed E-state index contributed by atoms with van der Waals surface area (Å²) in [5, 5.41) is 10.8. The molecular weight excluding hydrogens is 414 g/mol. The van der Waals surface area contributed by atoms with Crippen molar-refractivity contribution in [2.75, 3.05) is 61.8 Å². The number of hydrogen-bond acceptors (Lipinski definition) is 6. The van der Waals surface area contributed by atoms with E-state index < -0.39 is 16.1 Å². The molecule has 0 radical (unpaired) electrons. The van der Waals surface area contributed by atoms with Crippen LogP contribution in [0.1, 0.15) is 23.7 Å². The van der Waals surface area contributed by atoms with Crippen molar-refractivity contribution < 1.29 is 18.3 Å². The molecule has 0 aromatic heterocycles. The van der Waals surface area contributed by atoms with Crippen molar-refractivity contribution in [1.29, 1.82) is 0 Å². The van der Waals surface area contributed by atoms with Crippen LogP contribution in [-0.2, 0) is 16.4 Å². The standard InChI is InChI=1S/C23H31N3O4S/c1-30-21-7-3-6-20(16-21)25-13-11-24(12-14-25)17-23(27)19-8-9-22-18(15-19)5-4-10-26(22)31(2,28)29/h3,6-9,15-16,23,27H,4-5,10-14,17H2,1-2H3/t23-/m0/s1. The van der Waals surface area contributed by atoms with Gasteiger partial charge in [-0.25, -0.2) is 8.42 Å². The van der Waals surface area contributed by atoms with Gasteiger partial charge in [-0.1, -0.05) is 18.2 Å². The number of aliphatic hydroxyl groups excluding tert-OH is 1. The van der Waals surface area contributed by atoms with E-state index in [4.69, 9.17) is 4.74 Å². The number of fused-ring (bicyclic) bond motifs is 1. The lowest BCUT2D eigenvalue weighted by Gasteiger charge is -2.37. The Balaban J connectivity index is 1.38. The number of piperazine rings is 1. The van der Waals surface area contributed by atoms with Crippen LogP contribution in [0.25, 0.3) is 0 Å². The quantitative estimate of drug-likeness (QED) is 0.735. The van der Waals surface area contributed by atoms with E-state index in [2.05, 4.69) is 21.9 Å². The third kappa shape index (κ3) is 4.97. The smallest absolute Gasteiger partial charge is 0.232 e. The monoisotopic (exact) mass is 445 g/mol. The van der Waals surface area contributed by atoms with Gasteiger partial charge in [0.05, 0.1) is 25.2 Å². The molecule has 2 aliphatic rings. The second kappa shape index (κ2) is 9.06. The first-order chi connectivity index (χ1) is 14.8. The highest BCUT2D eigenvalue weighted by molar-refractivity contribution is 7.92. The predicted molar refractivity (Wildman–Crippen MR) is 124 cm³/mol. The molecule has 7 nitrogen and oxygen atoms in total. The van der Waals surface area contributed by atoms with Gasteiger partial charge in [-0.3, -0.25) is 9.21 Å². The van der Waals surface area contributed by atoms with Crippen molar-refractivity contribution in [3.8, 4) is 5.75 Å². The highest BCUT2D eigenvalue weighted by Crippen LogP contribution is 2.32. The zero-order valence-corrected chi connectivity index (χ0v) is 19.0. The van der Waals surface area contributed by atoms with E-state index in [9.17, 15) is 13.5 Å².